The summed E-state index contributed by atoms with van der Waals surface area (Å²) < 4.78 is 66.4. The van der Waals surface area contributed by atoms with Gasteiger partial charge in [-0.3, -0.25) is 0 Å². The van der Waals surface area contributed by atoms with Crippen molar-refractivity contribution in [2.24, 2.45) is 30.9 Å². The van der Waals surface area contributed by atoms with Crippen LogP contribution in [0.4, 0.5) is 8.63 Å². The van der Waals surface area contributed by atoms with Crippen molar-refractivity contribution in [1.29, 1.82) is 0 Å². The van der Waals surface area contributed by atoms with Crippen LogP contribution in [-0.2, 0) is 28.5 Å². The number of oxime groups is 6. The average Bonchev–Trinajstić information content (AvgIpc) is 3.16. The van der Waals surface area contributed by atoms with Gasteiger partial charge in [0, 0.05) is 22.3 Å². The molecule has 0 saturated carbocycles. The fourth-order valence-electron chi connectivity index (χ4n) is 4.44. The molecule has 3 aliphatic rings. The highest BCUT2D eigenvalue weighted by molar-refractivity contribution is 8.24. The number of rotatable bonds is 4. The highest BCUT2D eigenvalue weighted by Crippen LogP contribution is 2.24. The van der Waals surface area contributed by atoms with E-state index in [1.165, 1.54) is 0 Å². The van der Waals surface area contributed by atoms with Gasteiger partial charge < -0.3 is 37.2 Å². The zero-order chi connectivity index (χ0) is 34.8. The van der Waals surface area contributed by atoms with E-state index in [0.717, 1.165) is 23.5 Å². The Kier molecular flexibility index (Phi) is 10.8. The number of nitrogens with zero attached hydrogens (tertiary/aromatic N) is 6. The lowest BCUT2D eigenvalue weighted by molar-refractivity contribution is 0.0222. The standard InChI is InChI=1S/C32H26B2F2N6O6S2/c1-49-31-32(50-2)42-48-34(36)45-39-29(25-19-11-5-12-20-25)27(23-15-7-3-8-16-23)37-43-33(35,47-41-31)44-38-28(24-17-9-4-10-18-24)30(40-46-34)26-21-13-6-14-22-26/h3-22H,1-2H3/q-2/b37-27+,38-28+,39-29+,40-30+,41-31-,42-32?. The van der Waals surface area contributed by atoms with Gasteiger partial charge in [-0.25, -0.2) is 0 Å². The smallest absolute Gasteiger partial charge is 0.509 e. The van der Waals surface area contributed by atoms with Gasteiger partial charge in [-0.2, -0.15) is 0 Å². The van der Waals surface area contributed by atoms with E-state index < -0.39 is 14.1 Å². The molecule has 4 aromatic rings. The zero-order valence-corrected chi connectivity index (χ0v) is 28.0. The lowest BCUT2D eigenvalue weighted by atomic mass is 10.00. The third-order valence-corrected chi connectivity index (χ3v) is 8.25. The fourth-order valence-corrected chi connectivity index (χ4v) is 5.60. The Hall–Kier alpha value is -5.61. The second kappa shape index (κ2) is 15.7. The summed E-state index contributed by atoms with van der Waals surface area (Å²) in [6.07, 6.45) is 3.19. The van der Waals surface area contributed by atoms with Crippen LogP contribution in [0.1, 0.15) is 22.3 Å². The molecule has 0 aliphatic carbocycles. The number of hydrogen-bond donors (Lipinski definition) is 0. The van der Waals surface area contributed by atoms with Gasteiger partial charge in [0.05, 0.1) is 0 Å². The number of benzene rings is 4. The quantitative estimate of drug-likeness (QED) is 0.209. The lowest BCUT2D eigenvalue weighted by Gasteiger charge is -2.30. The first-order valence-electron chi connectivity index (χ1n) is 14.9. The van der Waals surface area contributed by atoms with Gasteiger partial charge >= 0.3 is 14.1 Å². The Morgan fingerprint density at radius 1 is 0.380 bits per heavy atom. The predicted octanol–water partition coefficient (Wildman–Crippen LogP) is 6.89. The highest BCUT2D eigenvalue weighted by atomic mass is 32.2. The van der Waals surface area contributed by atoms with Crippen molar-refractivity contribution in [2.75, 3.05) is 12.5 Å². The summed E-state index contributed by atoms with van der Waals surface area (Å²) in [5.74, 6) is 0. The molecule has 7 rings (SSSR count). The van der Waals surface area contributed by atoms with Gasteiger partial charge in [0.15, 0.2) is 10.1 Å². The van der Waals surface area contributed by atoms with Crippen LogP contribution < -0.4 is 0 Å². The monoisotopic (exact) mass is 714 g/mol. The highest BCUT2D eigenvalue weighted by Gasteiger charge is 2.44. The summed E-state index contributed by atoms with van der Waals surface area (Å²) in [6, 6.07) is 33.8. The summed E-state index contributed by atoms with van der Waals surface area (Å²) in [7, 11) is -8.98. The van der Waals surface area contributed by atoms with Gasteiger partial charge in [0.25, 0.3) is 0 Å². The van der Waals surface area contributed by atoms with E-state index in [4.69, 9.17) is 28.5 Å². The number of halogens is 2. The molecule has 254 valence electrons. The molecule has 3 heterocycles. The molecule has 0 saturated heterocycles. The van der Waals surface area contributed by atoms with E-state index in [1.54, 1.807) is 134 Å². The summed E-state index contributed by atoms with van der Waals surface area (Å²) in [6.45, 7) is 0. The third-order valence-electron chi connectivity index (χ3n) is 6.81. The minimum Gasteiger partial charge on any atom is -0.509 e. The van der Waals surface area contributed by atoms with Gasteiger partial charge in [-0.1, -0.05) is 121 Å². The number of thioether (sulfide) groups is 2. The summed E-state index contributed by atoms with van der Waals surface area (Å²) in [4.78, 5) is 0. The summed E-state index contributed by atoms with van der Waals surface area (Å²) >= 11 is 1.95. The van der Waals surface area contributed by atoms with Crippen LogP contribution in [0.2, 0.25) is 0 Å². The minimum atomic E-state index is -4.49. The van der Waals surface area contributed by atoms with Crippen molar-refractivity contribution >= 4 is 70.5 Å². The van der Waals surface area contributed by atoms with E-state index in [1.807, 2.05) is 0 Å². The van der Waals surface area contributed by atoms with Gasteiger partial charge in [-0.15, -0.1) is 54.5 Å². The Bertz CT molecular complexity index is 1720. The SMILES string of the molecule is CSC1=NO[B-]2(F)O/N=C(c3ccccc3)/C(c3ccccc3)=N/O[B-](F)(O/N=C/1SC)O/N=C(c1ccccc1)/C(c1ccccc1)=N/O2. The normalized spacial score (nSPS) is 26.4. The van der Waals surface area contributed by atoms with Crippen LogP contribution >= 0.6 is 23.5 Å². The minimum absolute atomic E-state index is 0.0534. The second-order valence-electron chi connectivity index (χ2n) is 10.2. The third kappa shape index (κ3) is 8.15. The van der Waals surface area contributed by atoms with Crippen molar-refractivity contribution < 1.29 is 37.2 Å². The van der Waals surface area contributed by atoms with E-state index in [9.17, 15) is 0 Å². The molecule has 0 amide bonds. The van der Waals surface area contributed by atoms with Crippen molar-refractivity contribution in [3.8, 4) is 0 Å². The number of hydrogen-bond acceptors (Lipinski definition) is 14. The van der Waals surface area contributed by atoms with Gasteiger partial charge in [-0.05, 0) is 12.5 Å². The molecule has 3 aliphatic heterocycles. The largest absolute Gasteiger partial charge is 0.812 e. The molecular weight excluding hydrogens is 688 g/mol. The van der Waals surface area contributed by atoms with Gasteiger partial charge in [0.2, 0.25) is 0 Å². The van der Waals surface area contributed by atoms with Crippen molar-refractivity contribution in [2.45, 2.75) is 0 Å². The molecule has 0 fully saturated rings. The molecule has 0 unspecified atom stereocenters. The van der Waals surface area contributed by atoms with Crippen LogP contribution in [0.5, 0.6) is 0 Å². The molecule has 50 heavy (non-hydrogen) atoms. The Balaban J connectivity index is 1.64. The zero-order valence-electron chi connectivity index (χ0n) is 26.4. The maximum absolute atomic E-state index is 17.0. The van der Waals surface area contributed by atoms with Crippen LogP contribution in [-0.4, -0.2) is 59.5 Å². The van der Waals surface area contributed by atoms with Crippen LogP contribution in [0.15, 0.2) is 152 Å². The van der Waals surface area contributed by atoms with Crippen LogP contribution in [0.25, 0.3) is 0 Å². The molecule has 18 heteroatoms. The predicted molar refractivity (Wildman–Crippen MR) is 194 cm³/mol. The molecule has 4 aromatic carbocycles. The van der Waals surface area contributed by atoms with E-state index in [0.29, 0.717) is 22.3 Å². The van der Waals surface area contributed by atoms with E-state index in [2.05, 4.69) is 30.9 Å². The summed E-state index contributed by atoms with van der Waals surface area (Å²) in [5, 5.41) is 24.1. The molecule has 0 spiro atoms. The van der Waals surface area contributed by atoms with Crippen molar-refractivity contribution in [3.63, 3.8) is 0 Å². The second-order valence-corrected chi connectivity index (χ2v) is 11.8. The molecule has 2 bridgehead atoms. The van der Waals surface area contributed by atoms with Crippen LogP contribution in [0, 0.1) is 0 Å². The molecule has 12 nitrogen and oxygen atoms in total. The fraction of sp³-hybridized carbons (Fsp3) is 0.0625. The molecule has 0 atom stereocenters. The maximum atomic E-state index is 17.0. The topological polar surface area (TPSA) is 130 Å². The molecule has 0 N–H and O–H groups in total. The summed E-state index contributed by atoms with van der Waals surface area (Å²) in [5.41, 5.74) is 0.970. The van der Waals surface area contributed by atoms with Crippen molar-refractivity contribution in [1.82, 2.24) is 0 Å². The molecule has 0 aromatic heterocycles. The molecular formula is C32H26B2F2N6O6S2-2. The van der Waals surface area contributed by atoms with E-state index in [-0.39, 0.29) is 32.9 Å². The lowest BCUT2D eigenvalue weighted by Crippen LogP contribution is -2.41. The first kappa shape index (κ1) is 34.3. The van der Waals surface area contributed by atoms with Gasteiger partial charge in [0.1, 0.15) is 22.8 Å². The first-order chi connectivity index (χ1) is 24.4. The maximum Gasteiger partial charge on any atom is 0.812 e. The van der Waals surface area contributed by atoms with Crippen molar-refractivity contribution in [3.05, 3.63) is 144 Å². The van der Waals surface area contributed by atoms with Crippen LogP contribution in [0.3, 0.4) is 0 Å². The molecule has 0 radical (unpaired) electrons. The first-order valence-corrected chi connectivity index (χ1v) is 17.4. The Labute approximate surface area is 293 Å². The Morgan fingerprint density at radius 2 is 0.600 bits per heavy atom. The average molecular weight is 714 g/mol. The number of fused-ring (bicyclic) bond motifs is 9. The Morgan fingerprint density at radius 3 is 0.820 bits per heavy atom. The van der Waals surface area contributed by atoms with E-state index >= 15 is 8.63 Å².